The van der Waals surface area contributed by atoms with Crippen molar-refractivity contribution >= 4 is 12.0 Å². The zero-order chi connectivity index (χ0) is 25.9. The van der Waals surface area contributed by atoms with Gasteiger partial charge in [-0.25, -0.2) is 4.79 Å². The van der Waals surface area contributed by atoms with Crippen molar-refractivity contribution in [2.45, 2.75) is 130 Å². The van der Waals surface area contributed by atoms with Crippen LogP contribution in [0.2, 0.25) is 0 Å². The van der Waals surface area contributed by atoms with Crippen molar-refractivity contribution < 1.29 is 14.3 Å². The van der Waals surface area contributed by atoms with Gasteiger partial charge >= 0.3 is 6.09 Å². The summed E-state index contributed by atoms with van der Waals surface area (Å²) < 4.78 is 5.48. The maximum absolute atomic E-state index is 13.1. The molecule has 1 aliphatic heterocycles. The first-order valence-electron chi connectivity index (χ1n) is 14.7. The standard InChI is InChI=1S/C29H57N3O3/c1-6-8-10-12-14-16-18-20-30(21-19-17-15-13-11-9-7-2)26-27(33)31-22-24-32(25-23-31)28(34)35-29(3,4)5/h6-26H2,1-5H3. The van der Waals surface area contributed by atoms with Crippen LogP contribution in [0.15, 0.2) is 0 Å². The maximum atomic E-state index is 13.1. The topological polar surface area (TPSA) is 53.1 Å². The van der Waals surface area contributed by atoms with E-state index < -0.39 is 5.60 Å². The Kier molecular flexibility index (Phi) is 17.1. The number of ether oxygens (including phenoxy) is 1. The third-order valence-corrected chi connectivity index (χ3v) is 6.80. The first-order chi connectivity index (χ1) is 16.8. The minimum absolute atomic E-state index is 0.208. The lowest BCUT2D eigenvalue weighted by Crippen LogP contribution is -2.53. The molecule has 206 valence electrons. The summed E-state index contributed by atoms with van der Waals surface area (Å²) in [5.41, 5.74) is -0.490. The Morgan fingerprint density at radius 2 is 1.06 bits per heavy atom. The van der Waals surface area contributed by atoms with Gasteiger partial charge in [-0.3, -0.25) is 9.69 Å². The zero-order valence-electron chi connectivity index (χ0n) is 23.9. The second-order valence-electron chi connectivity index (χ2n) is 11.4. The molecule has 0 atom stereocenters. The largest absolute Gasteiger partial charge is 0.444 e. The van der Waals surface area contributed by atoms with Gasteiger partial charge in [0, 0.05) is 26.2 Å². The van der Waals surface area contributed by atoms with E-state index in [-0.39, 0.29) is 12.0 Å². The molecule has 0 aromatic carbocycles. The van der Waals surface area contributed by atoms with Crippen LogP contribution < -0.4 is 0 Å². The molecule has 0 saturated carbocycles. The molecule has 0 aromatic rings. The SMILES string of the molecule is CCCCCCCCCN(CCCCCCCCC)CC(=O)N1CCN(C(=O)OC(C)(C)C)CC1. The van der Waals surface area contributed by atoms with Crippen LogP contribution in [0, 0.1) is 0 Å². The highest BCUT2D eigenvalue weighted by atomic mass is 16.6. The van der Waals surface area contributed by atoms with E-state index in [1.165, 1.54) is 89.9 Å². The number of hydrogen-bond acceptors (Lipinski definition) is 4. The molecule has 6 heteroatoms. The summed E-state index contributed by atoms with van der Waals surface area (Å²) in [6.07, 6.45) is 17.9. The highest BCUT2D eigenvalue weighted by molar-refractivity contribution is 5.78. The van der Waals surface area contributed by atoms with Crippen LogP contribution in [0.4, 0.5) is 4.79 Å². The fourth-order valence-corrected chi connectivity index (χ4v) is 4.61. The van der Waals surface area contributed by atoms with Crippen molar-refractivity contribution in [1.82, 2.24) is 14.7 Å². The number of amides is 2. The Bertz CT molecular complexity index is 536. The maximum Gasteiger partial charge on any atom is 0.410 e. The summed E-state index contributed by atoms with van der Waals surface area (Å²) in [5, 5.41) is 0. The number of carbonyl (C=O) groups is 2. The van der Waals surface area contributed by atoms with Gasteiger partial charge in [-0.2, -0.15) is 0 Å². The van der Waals surface area contributed by atoms with Gasteiger partial charge in [-0.15, -0.1) is 0 Å². The smallest absolute Gasteiger partial charge is 0.410 e. The monoisotopic (exact) mass is 495 g/mol. The summed E-state index contributed by atoms with van der Waals surface area (Å²) in [6.45, 7) is 15.0. The molecule has 0 N–H and O–H groups in total. The van der Waals surface area contributed by atoms with Gasteiger partial charge in [-0.1, -0.05) is 90.9 Å². The molecule has 0 spiro atoms. The average molecular weight is 496 g/mol. The second kappa shape index (κ2) is 18.9. The molecule has 35 heavy (non-hydrogen) atoms. The third-order valence-electron chi connectivity index (χ3n) is 6.80. The van der Waals surface area contributed by atoms with Crippen LogP contribution in [0.1, 0.15) is 125 Å². The molecule has 1 saturated heterocycles. The van der Waals surface area contributed by atoms with Crippen LogP contribution in [0.25, 0.3) is 0 Å². The molecule has 0 unspecified atom stereocenters. The quantitative estimate of drug-likeness (QED) is 0.195. The van der Waals surface area contributed by atoms with E-state index in [0.29, 0.717) is 32.7 Å². The molecule has 0 aromatic heterocycles. The lowest BCUT2D eigenvalue weighted by Gasteiger charge is -2.36. The highest BCUT2D eigenvalue weighted by Gasteiger charge is 2.28. The molecule has 0 bridgehead atoms. The van der Waals surface area contributed by atoms with Crippen LogP contribution in [0.5, 0.6) is 0 Å². The van der Waals surface area contributed by atoms with E-state index in [4.69, 9.17) is 4.74 Å². The van der Waals surface area contributed by atoms with E-state index in [1.54, 1.807) is 4.90 Å². The van der Waals surface area contributed by atoms with E-state index in [1.807, 2.05) is 25.7 Å². The molecular weight excluding hydrogens is 438 g/mol. The number of rotatable bonds is 18. The predicted molar refractivity (Wildman–Crippen MR) is 147 cm³/mol. The Hall–Kier alpha value is -1.30. The second-order valence-corrected chi connectivity index (χ2v) is 11.4. The van der Waals surface area contributed by atoms with Crippen LogP contribution in [-0.2, 0) is 9.53 Å². The lowest BCUT2D eigenvalue weighted by molar-refractivity contribution is -0.134. The molecule has 0 aliphatic carbocycles. The highest BCUT2D eigenvalue weighted by Crippen LogP contribution is 2.13. The first kappa shape index (κ1) is 31.7. The van der Waals surface area contributed by atoms with Crippen LogP contribution in [0.3, 0.4) is 0 Å². The van der Waals surface area contributed by atoms with Crippen LogP contribution >= 0.6 is 0 Å². The normalized spacial score (nSPS) is 14.6. The van der Waals surface area contributed by atoms with E-state index in [0.717, 1.165) is 13.1 Å². The van der Waals surface area contributed by atoms with Gasteiger partial charge in [0.05, 0.1) is 6.54 Å². The fraction of sp³-hybridized carbons (Fsp3) is 0.931. The van der Waals surface area contributed by atoms with Crippen molar-refractivity contribution in [3.63, 3.8) is 0 Å². The lowest BCUT2D eigenvalue weighted by atomic mass is 10.1. The summed E-state index contributed by atoms with van der Waals surface area (Å²) >= 11 is 0. The first-order valence-corrected chi connectivity index (χ1v) is 14.7. The Labute approximate surface area is 217 Å². The fourth-order valence-electron chi connectivity index (χ4n) is 4.61. The molecule has 1 aliphatic rings. The molecular formula is C29H57N3O3. The number of hydrogen-bond donors (Lipinski definition) is 0. The molecule has 1 rings (SSSR count). The number of carbonyl (C=O) groups excluding carboxylic acids is 2. The third kappa shape index (κ3) is 16.1. The van der Waals surface area contributed by atoms with Gasteiger partial charge < -0.3 is 14.5 Å². The summed E-state index contributed by atoms with van der Waals surface area (Å²) in [4.78, 5) is 31.4. The molecule has 0 radical (unpaired) electrons. The minimum atomic E-state index is -0.490. The Balaban J connectivity index is 2.42. The van der Waals surface area contributed by atoms with E-state index in [2.05, 4.69) is 18.7 Å². The summed E-state index contributed by atoms with van der Waals surface area (Å²) in [5.74, 6) is 0.208. The minimum Gasteiger partial charge on any atom is -0.444 e. The van der Waals surface area contributed by atoms with Gasteiger partial charge in [0.1, 0.15) is 5.60 Å². The number of nitrogens with zero attached hydrogens (tertiary/aromatic N) is 3. The Morgan fingerprint density at radius 3 is 1.49 bits per heavy atom. The van der Waals surface area contributed by atoms with Crippen molar-refractivity contribution in [3.05, 3.63) is 0 Å². The summed E-state index contributed by atoms with van der Waals surface area (Å²) in [6, 6.07) is 0. The zero-order valence-corrected chi connectivity index (χ0v) is 23.9. The van der Waals surface area contributed by atoms with Crippen molar-refractivity contribution in [3.8, 4) is 0 Å². The number of unbranched alkanes of at least 4 members (excludes halogenated alkanes) is 12. The average Bonchev–Trinajstić information content (AvgIpc) is 2.81. The molecule has 2 amide bonds. The number of piperazine rings is 1. The molecule has 6 nitrogen and oxygen atoms in total. The molecule has 1 heterocycles. The van der Waals surface area contributed by atoms with Gasteiger partial charge in [0.2, 0.25) is 5.91 Å². The van der Waals surface area contributed by atoms with Crippen molar-refractivity contribution in [2.24, 2.45) is 0 Å². The van der Waals surface area contributed by atoms with E-state index in [9.17, 15) is 9.59 Å². The van der Waals surface area contributed by atoms with Gasteiger partial charge in [0.15, 0.2) is 0 Å². The van der Waals surface area contributed by atoms with E-state index >= 15 is 0 Å². The summed E-state index contributed by atoms with van der Waals surface area (Å²) in [7, 11) is 0. The van der Waals surface area contributed by atoms with Crippen molar-refractivity contribution in [2.75, 3.05) is 45.8 Å². The van der Waals surface area contributed by atoms with Gasteiger partial charge in [-0.05, 0) is 46.7 Å². The Morgan fingerprint density at radius 1 is 0.657 bits per heavy atom. The molecule has 1 fully saturated rings. The van der Waals surface area contributed by atoms with Crippen LogP contribution in [-0.4, -0.2) is 78.1 Å². The predicted octanol–water partition coefficient (Wildman–Crippen LogP) is 6.87. The van der Waals surface area contributed by atoms with Crippen molar-refractivity contribution in [1.29, 1.82) is 0 Å². The van der Waals surface area contributed by atoms with Gasteiger partial charge in [0.25, 0.3) is 0 Å².